The Bertz CT molecular complexity index is 1720. The van der Waals surface area contributed by atoms with E-state index in [4.69, 9.17) is 4.74 Å². The molecule has 7 nitrogen and oxygen atoms in total. The Kier molecular flexibility index (Phi) is 6.51. The predicted molar refractivity (Wildman–Crippen MR) is 147 cm³/mol. The summed E-state index contributed by atoms with van der Waals surface area (Å²) >= 11 is 1.41. The smallest absolute Gasteiger partial charge is 0.337 e. The van der Waals surface area contributed by atoms with Gasteiger partial charge in [-0.2, -0.15) is 8.42 Å². The lowest BCUT2D eigenvalue weighted by Gasteiger charge is -2.24. The van der Waals surface area contributed by atoms with Crippen LogP contribution in [0, 0.1) is 0 Å². The Morgan fingerprint density at radius 1 is 1.05 bits per heavy atom. The molecule has 9 heteroatoms. The van der Waals surface area contributed by atoms with Gasteiger partial charge in [0.2, 0.25) is 0 Å². The number of methoxy groups -OCH3 is 1. The maximum absolute atomic E-state index is 11.9. The maximum Gasteiger partial charge on any atom is 0.337 e. The minimum Gasteiger partial charge on any atom is -0.465 e. The average molecular weight is 531 g/mol. The molecule has 0 amide bonds. The summed E-state index contributed by atoms with van der Waals surface area (Å²) in [5.74, 6) is -0.413. The number of thiazole rings is 1. The molecule has 0 fully saturated rings. The first-order valence-corrected chi connectivity index (χ1v) is 13.5. The Balaban J connectivity index is 1.64. The summed E-state index contributed by atoms with van der Waals surface area (Å²) in [7, 11) is -0.986. The highest BCUT2D eigenvalue weighted by molar-refractivity contribution is 7.85. The second-order valence-electron chi connectivity index (χ2n) is 8.37. The molecular formula is C28H22N2O5S2. The number of hydrogen-bond acceptors (Lipinski definition) is 7. The molecule has 5 rings (SSSR count). The first-order valence-electron chi connectivity index (χ1n) is 11.2. The van der Waals surface area contributed by atoms with Gasteiger partial charge in [-0.25, -0.2) is 9.78 Å². The van der Waals surface area contributed by atoms with Crippen molar-refractivity contribution in [1.82, 2.24) is 4.98 Å². The molecule has 0 bridgehead atoms. The average Bonchev–Trinajstić information content (AvgIpc) is 3.31. The number of carbonyl (C=O) groups is 1. The number of aromatic nitrogens is 1. The zero-order valence-corrected chi connectivity index (χ0v) is 21.6. The van der Waals surface area contributed by atoms with E-state index in [1.165, 1.54) is 30.6 Å². The van der Waals surface area contributed by atoms with Crippen molar-refractivity contribution in [3.63, 3.8) is 0 Å². The number of nitrogens with zero attached hydrogens (tertiary/aromatic N) is 2. The fraction of sp³-hybridized carbons (Fsp3) is 0.0714. The van der Waals surface area contributed by atoms with Gasteiger partial charge in [-0.15, -0.1) is 11.3 Å². The van der Waals surface area contributed by atoms with Crippen molar-refractivity contribution in [2.24, 2.45) is 0 Å². The van der Waals surface area contributed by atoms with Gasteiger partial charge in [0.1, 0.15) is 5.01 Å². The fourth-order valence-corrected chi connectivity index (χ4v) is 5.49. The first-order chi connectivity index (χ1) is 17.7. The minimum atomic E-state index is -4.33. The van der Waals surface area contributed by atoms with Gasteiger partial charge < -0.3 is 9.64 Å². The van der Waals surface area contributed by atoms with Gasteiger partial charge in [0.05, 0.1) is 27.8 Å². The second-order valence-corrected chi connectivity index (χ2v) is 10.9. The summed E-state index contributed by atoms with van der Waals surface area (Å²) in [6.45, 7) is 0. The lowest BCUT2D eigenvalue weighted by molar-refractivity contribution is 0.0600. The highest BCUT2D eigenvalue weighted by Crippen LogP contribution is 2.35. The van der Waals surface area contributed by atoms with Crippen molar-refractivity contribution >= 4 is 60.6 Å². The van der Waals surface area contributed by atoms with Gasteiger partial charge in [-0.1, -0.05) is 30.3 Å². The number of ether oxygens (including phenoxy) is 1. The number of para-hydroxylation sites is 1. The van der Waals surface area contributed by atoms with Gasteiger partial charge in [-0.05, 0) is 71.3 Å². The molecule has 1 N–H and O–H groups in total. The number of allylic oxidation sites excluding steroid dienone is 4. The van der Waals surface area contributed by atoms with Gasteiger partial charge in [-0.3, -0.25) is 4.55 Å². The normalized spacial score (nSPS) is 14.7. The highest BCUT2D eigenvalue weighted by Gasteiger charge is 2.16. The second kappa shape index (κ2) is 9.78. The third-order valence-electron chi connectivity index (χ3n) is 5.98. The summed E-state index contributed by atoms with van der Waals surface area (Å²) in [6.07, 6.45) is 8.02. The number of hydrogen-bond donors (Lipinski definition) is 1. The molecule has 2 heterocycles. The quantitative estimate of drug-likeness (QED) is 0.253. The van der Waals surface area contributed by atoms with Crippen molar-refractivity contribution in [3.8, 4) is 0 Å². The van der Waals surface area contributed by atoms with Gasteiger partial charge >= 0.3 is 5.97 Å². The van der Waals surface area contributed by atoms with E-state index < -0.39 is 16.1 Å². The van der Waals surface area contributed by atoms with Gasteiger partial charge in [0.25, 0.3) is 10.1 Å². The monoisotopic (exact) mass is 530 g/mol. The van der Waals surface area contributed by atoms with Crippen LogP contribution in [0.15, 0.2) is 90.0 Å². The molecule has 1 aliphatic rings. The maximum atomic E-state index is 11.9. The topological polar surface area (TPSA) is 96.8 Å². The Morgan fingerprint density at radius 2 is 1.78 bits per heavy atom. The van der Waals surface area contributed by atoms with E-state index in [2.05, 4.69) is 28.1 Å². The molecule has 0 saturated heterocycles. The molecule has 1 aromatic heterocycles. The zero-order chi connectivity index (χ0) is 26.2. The standard InChI is InChI=1S/C28H22N2O5S2/c1-30-14-13-20(23-5-3-4-6-25(23)30)15-21(18-7-9-19(10-8-18)28(31)35-2)16-27-29-24-17-22(37(32,33)34)11-12-26(24)36-27/h3-17H,1-2H3,(H,32,33,34)/b20-15+,21-16-. The third-order valence-corrected chi connectivity index (χ3v) is 7.81. The van der Waals surface area contributed by atoms with E-state index >= 15 is 0 Å². The molecule has 4 aromatic rings. The Morgan fingerprint density at radius 3 is 2.51 bits per heavy atom. The van der Waals surface area contributed by atoms with Crippen molar-refractivity contribution in [3.05, 3.63) is 107 Å². The molecule has 0 radical (unpaired) electrons. The van der Waals surface area contributed by atoms with Crippen molar-refractivity contribution < 1.29 is 22.5 Å². The number of rotatable bonds is 5. The van der Waals surface area contributed by atoms with E-state index in [-0.39, 0.29) is 4.90 Å². The van der Waals surface area contributed by atoms with Crippen LogP contribution in [-0.2, 0) is 14.9 Å². The summed E-state index contributed by atoms with van der Waals surface area (Å²) in [4.78, 5) is 18.4. The van der Waals surface area contributed by atoms with E-state index in [1.807, 2.05) is 49.7 Å². The largest absolute Gasteiger partial charge is 0.465 e. The van der Waals surface area contributed by atoms with Crippen LogP contribution in [0.5, 0.6) is 0 Å². The van der Waals surface area contributed by atoms with Crippen LogP contribution in [0.25, 0.3) is 27.4 Å². The number of benzene rings is 3. The zero-order valence-electron chi connectivity index (χ0n) is 20.0. The summed E-state index contributed by atoms with van der Waals surface area (Å²) in [6, 6.07) is 19.6. The highest BCUT2D eigenvalue weighted by atomic mass is 32.2. The van der Waals surface area contributed by atoms with Crippen LogP contribution in [0.2, 0.25) is 0 Å². The van der Waals surface area contributed by atoms with E-state index in [0.717, 1.165) is 32.7 Å². The Hall–Kier alpha value is -4.05. The molecule has 3 aromatic carbocycles. The van der Waals surface area contributed by atoms with Gasteiger partial charge in [0, 0.05) is 24.5 Å². The lowest BCUT2D eigenvalue weighted by Crippen LogP contribution is -2.13. The van der Waals surface area contributed by atoms with Crippen LogP contribution < -0.4 is 4.90 Å². The lowest BCUT2D eigenvalue weighted by atomic mass is 9.95. The molecule has 37 heavy (non-hydrogen) atoms. The SMILES string of the molecule is COC(=O)c1ccc(C(=C\c2nc3cc(S(=O)(=O)O)ccc3s2)/C=C2\C=CN(C)c3ccccc32)cc1. The van der Waals surface area contributed by atoms with Crippen LogP contribution in [0.4, 0.5) is 5.69 Å². The summed E-state index contributed by atoms with van der Waals surface area (Å²) < 4.78 is 38.1. The van der Waals surface area contributed by atoms with Crippen LogP contribution in [0.1, 0.15) is 26.5 Å². The molecule has 0 spiro atoms. The van der Waals surface area contributed by atoms with Crippen LogP contribution in [0.3, 0.4) is 0 Å². The number of fused-ring (bicyclic) bond motifs is 2. The molecule has 0 unspecified atom stereocenters. The summed E-state index contributed by atoms with van der Waals surface area (Å²) in [5, 5.41) is 0.663. The van der Waals surface area contributed by atoms with Gasteiger partial charge in [0.15, 0.2) is 0 Å². The van der Waals surface area contributed by atoms with Crippen LogP contribution in [-0.4, -0.2) is 38.1 Å². The number of esters is 1. The Labute approximate surface area is 218 Å². The van der Waals surface area contributed by atoms with E-state index in [1.54, 1.807) is 18.2 Å². The number of anilines is 1. The molecule has 0 atom stereocenters. The molecule has 0 saturated carbocycles. The molecule has 1 aliphatic heterocycles. The third kappa shape index (κ3) is 5.10. The van der Waals surface area contributed by atoms with E-state index in [0.29, 0.717) is 16.1 Å². The fourth-order valence-electron chi connectivity index (χ4n) is 4.09. The predicted octanol–water partition coefficient (Wildman–Crippen LogP) is 5.92. The molecule has 0 aliphatic carbocycles. The minimum absolute atomic E-state index is 0.199. The summed E-state index contributed by atoms with van der Waals surface area (Å²) in [5.41, 5.74) is 5.80. The molecule has 186 valence electrons. The van der Waals surface area contributed by atoms with E-state index in [9.17, 15) is 17.8 Å². The van der Waals surface area contributed by atoms with Crippen molar-refractivity contribution in [2.75, 3.05) is 19.1 Å². The van der Waals surface area contributed by atoms with Crippen molar-refractivity contribution in [1.29, 1.82) is 0 Å². The molecular weight excluding hydrogens is 508 g/mol. The van der Waals surface area contributed by atoms with Crippen LogP contribution >= 0.6 is 11.3 Å². The number of carbonyl (C=O) groups excluding carboxylic acids is 1. The van der Waals surface area contributed by atoms with Crippen molar-refractivity contribution in [2.45, 2.75) is 4.90 Å². The first kappa shape index (κ1) is 24.6.